The van der Waals surface area contributed by atoms with Crippen LogP contribution < -0.4 is 0 Å². The van der Waals surface area contributed by atoms with Gasteiger partial charge < -0.3 is 5.11 Å². The molecule has 2 N–H and O–H groups in total. The van der Waals surface area contributed by atoms with Crippen molar-refractivity contribution < 1.29 is 9.90 Å². The Morgan fingerprint density at radius 3 is 2.88 bits per heavy atom. The summed E-state index contributed by atoms with van der Waals surface area (Å²) >= 11 is 1.17. The zero-order valence-electron chi connectivity index (χ0n) is 13.2. The molecule has 0 saturated heterocycles. The number of aromatic nitrogens is 6. The van der Waals surface area contributed by atoms with Crippen molar-refractivity contribution in [2.24, 2.45) is 5.92 Å². The highest BCUT2D eigenvalue weighted by atomic mass is 32.1. The van der Waals surface area contributed by atoms with Crippen LogP contribution in [0.25, 0.3) is 11.0 Å². The maximum absolute atomic E-state index is 11.8. The van der Waals surface area contributed by atoms with Crippen LogP contribution in [0.3, 0.4) is 0 Å². The van der Waals surface area contributed by atoms with E-state index in [9.17, 15) is 9.90 Å². The smallest absolute Gasteiger partial charge is 0.307 e. The van der Waals surface area contributed by atoms with Gasteiger partial charge in [0.15, 0.2) is 5.82 Å². The number of unbranched alkanes of at least 4 members (excludes halogenated alkanes) is 1. The number of carboxylic acid groups (broad SMARTS) is 1. The average Bonchev–Trinajstić information content (AvgIpc) is 3.24. The molecule has 2 atom stereocenters. The molecule has 2 aromatic heterocycles. The van der Waals surface area contributed by atoms with Gasteiger partial charge in [0.05, 0.1) is 17.6 Å². The number of hydrogen-bond acceptors (Lipinski definition) is 7. The summed E-state index contributed by atoms with van der Waals surface area (Å²) in [5.74, 6) is -1.27. The van der Waals surface area contributed by atoms with Crippen LogP contribution in [0.1, 0.15) is 43.5 Å². The molecule has 0 saturated carbocycles. The molecule has 24 heavy (non-hydrogen) atoms. The third kappa shape index (κ3) is 3.56. The second-order valence-electron chi connectivity index (χ2n) is 5.75. The molecule has 8 nitrogen and oxygen atoms in total. The number of fused-ring (bicyclic) bond motifs is 1. The first-order valence-electron chi connectivity index (χ1n) is 7.86. The number of nitrogens with zero attached hydrogens (tertiary/aromatic N) is 5. The Kier molecular flexibility index (Phi) is 5.09. The largest absolute Gasteiger partial charge is 0.481 e. The molecule has 9 heteroatoms. The summed E-state index contributed by atoms with van der Waals surface area (Å²) in [5, 5.41) is 23.8. The quantitative estimate of drug-likeness (QED) is 0.643. The lowest BCUT2D eigenvalue weighted by Gasteiger charge is -2.21. The highest BCUT2D eigenvalue weighted by molar-refractivity contribution is 7.00. The van der Waals surface area contributed by atoms with E-state index in [0.717, 1.165) is 29.4 Å². The van der Waals surface area contributed by atoms with Gasteiger partial charge >= 0.3 is 5.97 Å². The molecular formula is C15H18N6O2S. The Morgan fingerprint density at radius 2 is 2.17 bits per heavy atom. The summed E-state index contributed by atoms with van der Waals surface area (Å²) < 4.78 is 8.43. The molecule has 0 unspecified atom stereocenters. The zero-order valence-corrected chi connectivity index (χ0v) is 14.0. The van der Waals surface area contributed by atoms with Gasteiger partial charge in [-0.2, -0.15) is 14.0 Å². The Bertz CT molecular complexity index is 803. The van der Waals surface area contributed by atoms with Crippen molar-refractivity contribution in [1.29, 1.82) is 0 Å². The highest BCUT2D eigenvalue weighted by Crippen LogP contribution is 2.31. The molecular weight excluding hydrogens is 328 g/mol. The van der Waals surface area contributed by atoms with E-state index in [0.29, 0.717) is 18.7 Å². The first kappa shape index (κ1) is 16.4. The second kappa shape index (κ2) is 7.43. The van der Waals surface area contributed by atoms with Crippen LogP contribution in [0.15, 0.2) is 18.2 Å². The molecule has 0 aliphatic carbocycles. The minimum absolute atomic E-state index is 0.336. The molecule has 0 bridgehead atoms. The lowest BCUT2D eigenvalue weighted by molar-refractivity contribution is -0.143. The first-order valence-corrected chi connectivity index (χ1v) is 8.59. The SMILES string of the molecule is CCCC[C@H](C(=O)O)[C@H](Cc1ccc2nsnc2c1)c1nn[nH]n1. The Morgan fingerprint density at radius 1 is 1.33 bits per heavy atom. The van der Waals surface area contributed by atoms with Gasteiger partial charge in [0.2, 0.25) is 0 Å². The molecule has 0 spiro atoms. The number of H-pyrrole nitrogens is 1. The van der Waals surface area contributed by atoms with Gasteiger partial charge in [-0.3, -0.25) is 4.79 Å². The fraction of sp³-hybridized carbons (Fsp3) is 0.467. The van der Waals surface area contributed by atoms with Crippen LogP contribution in [0.4, 0.5) is 0 Å². The van der Waals surface area contributed by atoms with Crippen LogP contribution in [-0.4, -0.2) is 40.4 Å². The van der Waals surface area contributed by atoms with Crippen molar-refractivity contribution in [2.75, 3.05) is 0 Å². The van der Waals surface area contributed by atoms with E-state index in [4.69, 9.17) is 0 Å². The molecule has 3 aromatic rings. The standard InChI is InChI=1S/C15H18N6O2S/c1-2-3-4-10(15(22)23)11(14-16-20-21-17-14)7-9-5-6-12-13(8-9)19-24-18-12/h5-6,8,10-11H,2-4,7H2,1H3,(H,22,23)(H,16,17,20,21)/t10-,11-/m0/s1. The van der Waals surface area contributed by atoms with Crippen LogP contribution >= 0.6 is 11.7 Å². The van der Waals surface area contributed by atoms with Crippen LogP contribution in [0.5, 0.6) is 0 Å². The summed E-state index contributed by atoms with van der Waals surface area (Å²) in [4.78, 5) is 11.8. The van der Waals surface area contributed by atoms with E-state index in [2.05, 4.69) is 29.4 Å². The average molecular weight is 346 g/mol. The van der Waals surface area contributed by atoms with E-state index in [1.807, 2.05) is 25.1 Å². The van der Waals surface area contributed by atoms with Crippen molar-refractivity contribution in [1.82, 2.24) is 29.4 Å². The lowest BCUT2D eigenvalue weighted by atomic mass is 9.83. The van der Waals surface area contributed by atoms with Crippen molar-refractivity contribution >= 4 is 28.7 Å². The van der Waals surface area contributed by atoms with Crippen molar-refractivity contribution in [3.63, 3.8) is 0 Å². The number of aliphatic carboxylic acids is 1. The molecule has 0 fully saturated rings. The van der Waals surface area contributed by atoms with Gasteiger partial charge in [-0.15, -0.1) is 10.2 Å². The fourth-order valence-electron chi connectivity index (χ4n) is 2.87. The van der Waals surface area contributed by atoms with E-state index in [1.54, 1.807) is 0 Å². The molecule has 126 valence electrons. The van der Waals surface area contributed by atoms with Crippen LogP contribution in [0.2, 0.25) is 0 Å². The molecule has 0 radical (unpaired) electrons. The maximum atomic E-state index is 11.8. The van der Waals surface area contributed by atoms with Gasteiger partial charge in [0, 0.05) is 5.92 Å². The maximum Gasteiger partial charge on any atom is 0.307 e. The van der Waals surface area contributed by atoms with Crippen molar-refractivity contribution in [3.8, 4) is 0 Å². The number of carbonyl (C=O) groups is 1. The number of hydrogen-bond donors (Lipinski definition) is 2. The van der Waals surface area contributed by atoms with E-state index < -0.39 is 11.9 Å². The van der Waals surface area contributed by atoms with Crippen molar-refractivity contribution in [3.05, 3.63) is 29.6 Å². The zero-order chi connectivity index (χ0) is 16.9. The third-order valence-electron chi connectivity index (χ3n) is 4.14. The van der Waals surface area contributed by atoms with Crippen LogP contribution in [0, 0.1) is 5.92 Å². The summed E-state index contributed by atoms with van der Waals surface area (Å²) in [5.41, 5.74) is 2.66. The molecule has 3 rings (SSSR count). The topological polar surface area (TPSA) is 118 Å². The van der Waals surface area contributed by atoms with Gasteiger partial charge in [-0.25, -0.2) is 0 Å². The number of benzene rings is 1. The minimum Gasteiger partial charge on any atom is -0.481 e. The lowest BCUT2D eigenvalue weighted by Crippen LogP contribution is -2.25. The molecule has 0 aliphatic rings. The number of carboxylic acids is 1. The second-order valence-corrected chi connectivity index (χ2v) is 6.28. The van der Waals surface area contributed by atoms with Gasteiger partial charge in [0.25, 0.3) is 0 Å². The van der Waals surface area contributed by atoms with Gasteiger partial charge in [-0.05, 0) is 30.5 Å². The van der Waals surface area contributed by atoms with E-state index in [-0.39, 0.29) is 5.92 Å². The van der Waals surface area contributed by atoms with E-state index in [1.165, 1.54) is 11.7 Å². The highest BCUT2D eigenvalue weighted by Gasteiger charge is 2.32. The molecule has 2 heterocycles. The summed E-state index contributed by atoms with van der Waals surface area (Å²) in [6.45, 7) is 2.05. The molecule has 0 aliphatic heterocycles. The van der Waals surface area contributed by atoms with Gasteiger partial charge in [0.1, 0.15) is 11.0 Å². The fourth-order valence-corrected chi connectivity index (χ4v) is 3.39. The number of rotatable bonds is 8. The predicted octanol–water partition coefficient (Wildman–Crippen LogP) is 2.42. The Hall–Kier alpha value is -2.42. The predicted molar refractivity (Wildman–Crippen MR) is 88.7 cm³/mol. The number of aromatic amines is 1. The monoisotopic (exact) mass is 346 g/mol. The normalized spacial score (nSPS) is 13.9. The number of tetrazole rings is 1. The number of nitrogens with one attached hydrogen (secondary N) is 1. The van der Waals surface area contributed by atoms with Crippen LogP contribution in [-0.2, 0) is 11.2 Å². The first-order chi connectivity index (χ1) is 11.7. The summed E-state index contributed by atoms with van der Waals surface area (Å²) in [7, 11) is 0. The molecule has 1 aromatic carbocycles. The Labute approximate surface area is 142 Å². The molecule has 0 amide bonds. The summed E-state index contributed by atoms with van der Waals surface area (Å²) in [6.07, 6.45) is 2.90. The Balaban J connectivity index is 1.90. The van der Waals surface area contributed by atoms with Crippen molar-refractivity contribution in [2.45, 2.75) is 38.5 Å². The summed E-state index contributed by atoms with van der Waals surface area (Å²) in [6, 6.07) is 5.81. The van der Waals surface area contributed by atoms with Gasteiger partial charge in [-0.1, -0.05) is 31.0 Å². The third-order valence-corrected chi connectivity index (χ3v) is 4.70. The minimum atomic E-state index is -0.824. The van der Waals surface area contributed by atoms with E-state index >= 15 is 0 Å².